The number of piperidine rings is 1. The lowest BCUT2D eigenvalue weighted by Gasteiger charge is -2.31. The highest BCUT2D eigenvalue weighted by molar-refractivity contribution is 5.34. The van der Waals surface area contributed by atoms with Crippen LogP contribution in [0.1, 0.15) is 30.3 Å². The monoisotopic (exact) mass is 408 g/mol. The van der Waals surface area contributed by atoms with Crippen LogP contribution in [0.15, 0.2) is 36.4 Å². The van der Waals surface area contributed by atoms with Crippen LogP contribution < -0.4 is 19.1 Å². The Bertz CT molecular complexity index is 971. The molecule has 156 valence electrons. The zero-order valence-corrected chi connectivity index (χ0v) is 17.3. The topological polar surface area (TPSA) is 95.4 Å². The number of aryl methyl sites for hydroxylation is 1. The number of benzene rings is 1. The van der Waals surface area contributed by atoms with Crippen molar-refractivity contribution < 1.29 is 14.2 Å². The molecule has 1 fully saturated rings. The van der Waals surface area contributed by atoms with E-state index in [0.717, 1.165) is 43.2 Å². The van der Waals surface area contributed by atoms with Gasteiger partial charge in [-0.1, -0.05) is 18.2 Å². The van der Waals surface area contributed by atoms with Gasteiger partial charge in [0.15, 0.2) is 0 Å². The normalized spacial score (nSPS) is 14.4. The summed E-state index contributed by atoms with van der Waals surface area (Å²) in [6, 6.07) is 12.0. The van der Waals surface area contributed by atoms with Gasteiger partial charge >= 0.3 is 12.0 Å². The quantitative estimate of drug-likeness (QED) is 0.609. The summed E-state index contributed by atoms with van der Waals surface area (Å²) in [5, 5.41) is 0. The van der Waals surface area contributed by atoms with Crippen LogP contribution in [-0.2, 0) is 0 Å². The van der Waals surface area contributed by atoms with Gasteiger partial charge in [0.05, 0.1) is 14.2 Å². The Kier molecular flexibility index (Phi) is 5.87. The van der Waals surface area contributed by atoms with Crippen LogP contribution >= 0.6 is 0 Å². The zero-order valence-electron chi connectivity index (χ0n) is 17.3. The Balaban J connectivity index is 1.46. The molecule has 0 aliphatic carbocycles. The maximum Gasteiger partial charge on any atom is 0.324 e. The van der Waals surface area contributed by atoms with Crippen molar-refractivity contribution in [1.29, 1.82) is 0 Å². The number of aromatic nitrogens is 5. The zero-order chi connectivity index (χ0) is 20.9. The second kappa shape index (κ2) is 8.89. The van der Waals surface area contributed by atoms with Crippen molar-refractivity contribution in [3.05, 3.63) is 47.9 Å². The van der Waals surface area contributed by atoms with Crippen molar-refractivity contribution in [2.75, 3.05) is 32.2 Å². The Hall–Kier alpha value is -3.49. The average Bonchev–Trinajstić information content (AvgIpc) is 2.79. The first-order chi connectivity index (χ1) is 14.6. The predicted octanol–water partition coefficient (Wildman–Crippen LogP) is 3.16. The van der Waals surface area contributed by atoms with E-state index in [1.807, 2.05) is 43.3 Å². The molecule has 3 heterocycles. The van der Waals surface area contributed by atoms with Crippen LogP contribution in [0.2, 0.25) is 0 Å². The first-order valence-electron chi connectivity index (χ1n) is 9.82. The van der Waals surface area contributed by atoms with E-state index in [1.165, 1.54) is 14.2 Å². The maximum absolute atomic E-state index is 5.92. The number of rotatable bonds is 6. The molecule has 1 aliphatic rings. The summed E-state index contributed by atoms with van der Waals surface area (Å²) in [5.41, 5.74) is 0.889. The van der Waals surface area contributed by atoms with Crippen LogP contribution in [0.5, 0.6) is 23.7 Å². The molecular weight excluding hydrogens is 384 g/mol. The Labute approximate surface area is 175 Å². The van der Waals surface area contributed by atoms with Crippen LogP contribution in [0, 0.1) is 6.92 Å². The molecule has 9 heteroatoms. The number of methoxy groups -OCH3 is 2. The van der Waals surface area contributed by atoms with Gasteiger partial charge in [0.2, 0.25) is 11.8 Å². The number of anilines is 1. The Morgan fingerprint density at radius 2 is 1.53 bits per heavy atom. The molecule has 9 nitrogen and oxygen atoms in total. The van der Waals surface area contributed by atoms with E-state index in [4.69, 9.17) is 14.2 Å². The van der Waals surface area contributed by atoms with Gasteiger partial charge in [-0.25, -0.2) is 4.98 Å². The minimum atomic E-state index is 0.240. The molecule has 0 spiro atoms. The fourth-order valence-corrected chi connectivity index (χ4v) is 3.40. The summed E-state index contributed by atoms with van der Waals surface area (Å²) in [5.74, 6) is 2.93. The van der Waals surface area contributed by atoms with Gasteiger partial charge in [-0.3, -0.25) is 0 Å². The number of para-hydroxylation sites is 1. The molecule has 1 saturated heterocycles. The summed E-state index contributed by atoms with van der Waals surface area (Å²) >= 11 is 0. The van der Waals surface area contributed by atoms with E-state index >= 15 is 0 Å². The van der Waals surface area contributed by atoms with Gasteiger partial charge in [-0.2, -0.15) is 15.0 Å². The second-order valence-corrected chi connectivity index (χ2v) is 6.99. The lowest BCUT2D eigenvalue weighted by atomic mass is 9.96. The number of nitrogens with zero attached hydrogens (tertiary/aromatic N) is 6. The predicted molar refractivity (Wildman–Crippen MR) is 110 cm³/mol. The third-order valence-electron chi connectivity index (χ3n) is 4.90. The minimum Gasteiger partial charge on any atom is -0.467 e. The highest BCUT2D eigenvalue weighted by Gasteiger charge is 2.26. The molecule has 0 amide bonds. The molecule has 1 aromatic carbocycles. The van der Waals surface area contributed by atoms with Crippen LogP contribution in [0.3, 0.4) is 0 Å². The fourth-order valence-electron chi connectivity index (χ4n) is 3.40. The molecular formula is C21H24N6O3. The number of hydrogen-bond donors (Lipinski definition) is 0. The van der Waals surface area contributed by atoms with Crippen molar-refractivity contribution in [1.82, 2.24) is 24.9 Å². The molecule has 0 unspecified atom stereocenters. The smallest absolute Gasteiger partial charge is 0.324 e. The molecule has 0 saturated carbocycles. The molecule has 2 aromatic heterocycles. The van der Waals surface area contributed by atoms with E-state index in [9.17, 15) is 0 Å². The summed E-state index contributed by atoms with van der Waals surface area (Å²) < 4.78 is 16.2. The first kappa shape index (κ1) is 19.8. The van der Waals surface area contributed by atoms with Gasteiger partial charge < -0.3 is 19.1 Å². The van der Waals surface area contributed by atoms with Crippen molar-refractivity contribution in [2.24, 2.45) is 0 Å². The number of hydrogen-bond acceptors (Lipinski definition) is 9. The molecule has 3 aromatic rings. The van der Waals surface area contributed by atoms with Gasteiger partial charge in [0.1, 0.15) is 11.6 Å². The summed E-state index contributed by atoms with van der Waals surface area (Å²) in [7, 11) is 3.05. The lowest BCUT2D eigenvalue weighted by molar-refractivity contribution is 0.338. The molecule has 1 aliphatic heterocycles. The Morgan fingerprint density at radius 1 is 0.867 bits per heavy atom. The van der Waals surface area contributed by atoms with Crippen molar-refractivity contribution in [3.63, 3.8) is 0 Å². The molecule has 0 N–H and O–H groups in total. The maximum atomic E-state index is 5.92. The third-order valence-corrected chi connectivity index (χ3v) is 4.90. The molecule has 0 atom stereocenters. The Morgan fingerprint density at radius 3 is 2.17 bits per heavy atom. The van der Waals surface area contributed by atoms with Crippen LogP contribution in [0.25, 0.3) is 0 Å². The van der Waals surface area contributed by atoms with Gasteiger partial charge in [-0.05, 0) is 31.9 Å². The SMILES string of the molecule is COc1nc(OC)nc(N2CCC(c3nc(C)cc(Oc4ccccc4)n3)CC2)n1. The largest absolute Gasteiger partial charge is 0.467 e. The molecule has 30 heavy (non-hydrogen) atoms. The molecule has 4 rings (SSSR count). The van der Waals surface area contributed by atoms with E-state index in [-0.39, 0.29) is 17.9 Å². The number of ether oxygens (including phenoxy) is 3. The summed E-state index contributed by atoms with van der Waals surface area (Å²) in [6.07, 6.45) is 1.76. The van der Waals surface area contributed by atoms with E-state index in [2.05, 4.69) is 29.8 Å². The van der Waals surface area contributed by atoms with Gasteiger partial charge in [0.25, 0.3) is 0 Å². The van der Waals surface area contributed by atoms with Gasteiger partial charge in [0, 0.05) is 30.8 Å². The molecule has 0 bridgehead atoms. The second-order valence-electron chi connectivity index (χ2n) is 6.99. The van der Waals surface area contributed by atoms with Crippen molar-refractivity contribution in [2.45, 2.75) is 25.7 Å². The highest BCUT2D eigenvalue weighted by Crippen LogP contribution is 2.30. The van der Waals surface area contributed by atoms with Gasteiger partial charge in [-0.15, -0.1) is 4.98 Å². The van der Waals surface area contributed by atoms with E-state index < -0.39 is 0 Å². The van der Waals surface area contributed by atoms with Crippen LogP contribution in [-0.4, -0.2) is 52.2 Å². The summed E-state index contributed by atoms with van der Waals surface area (Å²) in [4.78, 5) is 24.2. The standard InChI is InChI=1S/C21H24N6O3/c1-14-13-17(30-16-7-5-4-6-8-16)23-18(22-14)15-9-11-27(12-10-15)19-24-20(28-2)26-21(25-19)29-3/h4-8,13,15H,9-12H2,1-3H3. The van der Waals surface area contributed by atoms with Crippen LogP contribution in [0.4, 0.5) is 5.95 Å². The third kappa shape index (κ3) is 4.56. The average molecular weight is 408 g/mol. The van der Waals surface area contributed by atoms with Crippen molar-refractivity contribution in [3.8, 4) is 23.7 Å². The molecule has 0 radical (unpaired) electrons. The fraction of sp³-hybridized carbons (Fsp3) is 0.381. The van der Waals surface area contributed by atoms with E-state index in [0.29, 0.717) is 11.8 Å². The minimum absolute atomic E-state index is 0.240. The highest BCUT2D eigenvalue weighted by atomic mass is 16.5. The van der Waals surface area contributed by atoms with Crippen molar-refractivity contribution >= 4 is 5.95 Å². The lowest BCUT2D eigenvalue weighted by Crippen LogP contribution is -2.34. The first-order valence-corrected chi connectivity index (χ1v) is 9.82. The van der Waals surface area contributed by atoms with E-state index in [1.54, 1.807) is 0 Å². The summed E-state index contributed by atoms with van der Waals surface area (Å²) in [6.45, 7) is 3.50.